The summed E-state index contributed by atoms with van der Waals surface area (Å²) in [4.78, 5) is 4.40. The smallest absolute Gasteiger partial charge is 0.213 e. The minimum absolute atomic E-state index is 0.0381. The molecule has 1 atom stereocenters. The first-order valence-corrected chi connectivity index (χ1v) is 6.43. The molecule has 3 nitrogen and oxygen atoms in total. The van der Waals surface area contributed by atoms with Crippen LogP contribution >= 0.6 is 0 Å². The van der Waals surface area contributed by atoms with Crippen LogP contribution < -0.4 is 4.74 Å². The summed E-state index contributed by atoms with van der Waals surface area (Å²) in [5.41, 5.74) is 1.84. The van der Waals surface area contributed by atoms with Gasteiger partial charge in [-0.2, -0.15) is 0 Å². The molecule has 0 radical (unpaired) electrons. The molecule has 1 rings (SSSR count). The van der Waals surface area contributed by atoms with E-state index in [1.807, 2.05) is 19.1 Å². The van der Waals surface area contributed by atoms with Crippen molar-refractivity contribution in [3.8, 4) is 5.88 Å². The molecule has 1 heterocycles. The van der Waals surface area contributed by atoms with E-state index in [4.69, 9.17) is 9.84 Å². The molecule has 0 bridgehead atoms. The maximum absolute atomic E-state index is 9.16. The van der Waals surface area contributed by atoms with Crippen molar-refractivity contribution < 1.29 is 9.84 Å². The predicted octanol–water partition coefficient (Wildman–Crippen LogP) is 2.95. The van der Waals surface area contributed by atoms with Crippen LogP contribution in [0, 0.1) is 5.92 Å². The van der Waals surface area contributed by atoms with Crippen molar-refractivity contribution in [1.82, 2.24) is 4.98 Å². The Morgan fingerprint density at radius 3 is 2.71 bits per heavy atom. The number of aryl methyl sites for hydroxylation is 1. The van der Waals surface area contributed by atoms with Gasteiger partial charge in [-0.15, -0.1) is 0 Å². The summed E-state index contributed by atoms with van der Waals surface area (Å²) in [7, 11) is 0. The summed E-state index contributed by atoms with van der Waals surface area (Å²) in [6.45, 7) is 7.14. The standard InChI is InChI=1S/C14H23NO2/c1-4-6-11(3)10-17-14-8-12(9-16)7-13(5-2)15-14/h7-8,11,16H,4-6,9-10H2,1-3H3. The molecular weight excluding hydrogens is 214 g/mol. The van der Waals surface area contributed by atoms with Gasteiger partial charge in [-0.05, 0) is 30.4 Å². The quantitative estimate of drug-likeness (QED) is 0.792. The van der Waals surface area contributed by atoms with Crippen molar-refractivity contribution in [3.05, 3.63) is 23.4 Å². The van der Waals surface area contributed by atoms with Gasteiger partial charge in [-0.3, -0.25) is 0 Å². The average Bonchev–Trinajstić information content (AvgIpc) is 2.36. The second kappa shape index (κ2) is 7.28. The van der Waals surface area contributed by atoms with Crippen LogP contribution in [-0.2, 0) is 13.0 Å². The summed E-state index contributed by atoms with van der Waals surface area (Å²) >= 11 is 0. The van der Waals surface area contributed by atoms with Gasteiger partial charge in [0.05, 0.1) is 13.2 Å². The summed E-state index contributed by atoms with van der Waals surface area (Å²) in [6.07, 6.45) is 3.20. The van der Waals surface area contributed by atoms with E-state index < -0.39 is 0 Å². The minimum atomic E-state index is 0.0381. The molecule has 0 aliphatic heterocycles. The van der Waals surface area contributed by atoms with Gasteiger partial charge < -0.3 is 9.84 Å². The lowest BCUT2D eigenvalue weighted by atomic mass is 10.1. The highest BCUT2D eigenvalue weighted by Crippen LogP contribution is 2.15. The number of nitrogens with zero attached hydrogens (tertiary/aromatic N) is 1. The first-order chi connectivity index (χ1) is 8.19. The van der Waals surface area contributed by atoms with Gasteiger partial charge in [0.25, 0.3) is 0 Å². The number of aromatic nitrogens is 1. The Morgan fingerprint density at radius 2 is 2.12 bits per heavy atom. The largest absolute Gasteiger partial charge is 0.477 e. The molecule has 0 saturated carbocycles. The van der Waals surface area contributed by atoms with Gasteiger partial charge in [0.1, 0.15) is 0 Å². The first-order valence-electron chi connectivity index (χ1n) is 6.43. The molecule has 1 aromatic heterocycles. The molecule has 1 unspecified atom stereocenters. The molecule has 1 N–H and O–H groups in total. The topological polar surface area (TPSA) is 42.4 Å². The molecule has 0 fully saturated rings. The van der Waals surface area contributed by atoms with E-state index in [0.717, 1.165) is 17.7 Å². The molecule has 0 spiro atoms. The molecule has 1 aromatic rings. The third-order valence-corrected chi connectivity index (χ3v) is 2.76. The van der Waals surface area contributed by atoms with Gasteiger partial charge in [0.2, 0.25) is 5.88 Å². The van der Waals surface area contributed by atoms with Gasteiger partial charge in [0, 0.05) is 11.8 Å². The van der Waals surface area contributed by atoms with Gasteiger partial charge in [0.15, 0.2) is 0 Å². The number of hydrogen-bond acceptors (Lipinski definition) is 3. The van der Waals surface area contributed by atoms with Crippen LogP contribution in [-0.4, -0.2) is 16.7 Å². The van der Waals surface area contributed by atoms with E-state index in [9.17, 15) is 0 Å². The number of rotatable bonds is 7. The van der Waals surface area contributed by atoms with Crippen LogP contribution in [0.1, 0.15) is 44.9 Å². The van der Waals surface area contributed by atoms with Crippen molar-refractivity contribution in [3.63, 3.8) is 0 Å². The zero-order valence-corrected chi connectivity index (χ0v) is 11.1. The molecule has 17 heavy (non-hydrogen) atoms. The van der Waals surface area contributed by atoms with Gasteiger partial charge in [-0.1, -0.05) is 27.2 Å². The number of pyridine rings is 1. The summed E-state index contributed by atoms with van der Waals surface area (Å²) in [5.74, 6) is 1.18. The Kier molecular flexibility index (Phi) is 5.98. The van der Waals surface area contributed by atoms with E-state index in [0.29, 0.717) is 18.4 Å². The Bertz CT molecular complexity index is 317. The third-order valence-electron chi connectivity index (χ3n) is 2.76. The zero-order chi connectivity index (χ0) is 12.7. The summed E-state index contributed by atoms with van der Waals surface area (Å²) < 4.78 is 5.68. The highest BCUT2D eigenvalue weighted by Gasteiger charge is 2.05. The molecule has 96 valence electrons. The summed E-state index contributed by atoms with van der Waals surface area (Å²) in [6, 6.07) is 3.74. The monoisotopic (exact) mass is 237 g/mol. The van der Waals surface area contributed by atoms with Crippen LogP contribution in [0.25, 0.3) is 0 Å². The first kappa shape index (κ1) is 14.0. The fourth-order valence-corrected chi connectivity index (χ4v) is 1.77. The number of hydrogen-bond donors (Lipinski definition) is 1. The van der Waals surface area contributed by atoms with Crippen molar-refractivity contribution in [2.75, 3.05) is 6.61 Å². The molecule has 0 aliphatic rings. The lowest BCUT2D eigenvalue weighted by Crippen LogP contribution is -2.09. The molecule has 0 aromatic carbocycles. The summed E-state index contributed by atoms with van der Waals surface area (Å²) in [5, 5.41) is 9.16. The van der Waals surface area contributed by atoms with Crippen molar-refractivity contribution in [2.24, 2.45) is 5.92 Å². The fourth-order valence-electron chi connectivity index (χ4n) is 1.77. The van der Waals surface area contributed by atoms with Crippen molar-refractivity contribution in [2.45, 2.75) is 46.6 Å². The highest BCUT2D eigenvalue weighted by molar-refractivity contribution is 5.24. The zero-order valence-electron chi connectivity index (χ0n) is 11.1. The van der Waals surface area contributed by atoms with E-state index in [1.54, 1.807) is 0 Å². The Balaban J connectivity index is 2.63. The Hall–Kier alpha value is -1.09. The number of ether oxygens (including phenoxy) is 1. The Labute approximate surface area is 104 Å². The fraction of sp³-hybridized carbons (Fsp3) is 0.643. The maximum Gasteiger partial charge on any atom is 0.213 e. The van der Waals surface area contributed by atoms with Crippen molar-refractivity contribution >= 4 is 0 Å². The second-order valence-electron chi connectivity index (χ2n) is 4.52. The lowest BCUT2D eigenvalue weighted by Gasteiger charge is -2.12. The Morgan fingerprint density at radius 1 is 1.35 bits per heavy atom. The van der Waals surface area contributed by atoms with Gasteiger partial charge in [-0.25, -0.2) is 4.98 Å². The normalized spacial score (nSPS) is 12.5. The highest BCUT2D eigenvalue weighted by atomic mass is 16.5. The van der Waals surface area contributed by atoms with Crippen LogP contribution in [0.2, 0.25) is 0 Å². The van der Waals surface area contributed by atoms with Crippen LogP contribution in [0.4, 0.5) is 0 Å². The van der Waals surface area contributed by atoms with Crippen LogP contribution in [0.15, 0.2) is 12.1 Å². The SMILES string of the molecule is CCCC(C)COc1cc(CO)cc(CC)n1. The average molecular weight is 237 g/mol. The van der Waals surface area contributed by atoms with Crippen LogP contribution in [0.3, 0.4) is 0 Å². The molecule has 0 aliphatic carbocycles. The van der Waals surface area contributed by atoms with E-state index in [-0.39, 0.29) is 6.61 Å². The van der Waals surface area contributed by atoms with Gasteiger partial charge >= 0.3 is 0 Å². The molecule has 0 amide bonds. The second-order valence-corrected chi connectivity index (χ2v) is 4.52. The molecule has 3 heteroatoms. The van der Waals surface area contributed by atoms with E-state index in [1.165, 1.54) is 12.8 Å². The van der Waals surface area contributed by atoms with E-state index >= 15 is 0 Å². The maximum atomic E-state index is 9.16. The number of aliphatic hydroxyl groups is 1. The third kappa shape index (κ3) is 4.73. The lowest BCUT2D eigenvalue weighted by molar-refractivity contribution is 0.240. The molecule has 0 saturated heterocycles. The van der Waals surface area contributed by atoms with Crippen molar-refractivity contribution in [1.29, 1.82) is 0 Å². The van der Waals surface area contributed by atoms with E-state index in [2.05, 4.69) is 18.8 Å². The number of aliphatic hydroxyl groups excluding tert-OH is 1. The minimum Gasteiger partial charge on any atom is -0.477 e. The molecular formula is C14H23NO2. The predicted molar refractivity (Wildman–Crippen MR) is 69.1 cm³/mol. The van der Waals surface area contributed by atoms with Crippen LogP contribution in [0.5, 0.6) is 5.88 Å².